The van der Waals surface area contributed by atoms with Gasteiger partial charge in [-0.1, -0.05) is 0 Å². The quantitative estimate of drug-likeness (QED) is 0.829. The van der Waals surface area contributed by atoms with Gasteiger partial charge in [-0.15, -0.1) is 0 Å². The summed E-state index contributed by atoms with van der Waals surface area (Å²) in [6.45, 7) is 2.20. The largest absolute Gasteiger partial charge is 0.497 e. The summed E-state index contributed by atoms with van der Waals surface area (Å²) < 4.78 is 39.6. The lowest BCUT2D eigenvalue weighted by Crippen LogP contribution is -2.36. The molecule has 0 aliphatic carbocycles. The Morgan fingerprint density at radius 3 is 2.68 bits per heavy atom. The van der Waals surface area contributed by atoms with Crippen molar-refractivity contribution < 1.29 is 17.9 Å². The molecule has 8 heteroatoms. The summed E-state index contributed by atoms with van der Waals surface area (Å²) in [6, 6.07) is 6.09. The average molecular weight is 325 g/mol. The van der Waals surface area contributed by atoms with E-state index in [0.717, 1.165) is 0 Å². The predicted molar refractivity (Wildman–Crippen MR) is 81.6 cm³/mol. The third kappa shape index (κ3) is 3.77. The average Bonchev–Trinajstić information content (AvgIpc) is 2.98. The van der Waals surface area contributed by atoms with Crippen molar-refractivity contribution in [3.8, 4) is 11.5 Å². The number of aromatic nitrogens is 2. The molecule has 1 N–H and O–H groups in total. The highest BCUT2D eigenvalue weighted by Gasteiger charge is 2.22. The van der Waals surface area contributed by atoms with Gasteiger partial charge in [-0.05, 0) is 25.1 Å². The van der Waals surface area contributed by atoms with E-state index in [0.29, 0.717) is 12.3 Å². The van der Waals surface area contributed by atoms with Gasteiger partial charge in [-0.2, -0.15) is 5.10 Å². The standard InChI is InChI=1S/C14H19N3O4S/c1-11(10-17-8-4-7-15-17)16-22(18,19)14-9-12(20-2)5-6-13(14)21-3/h4-9,11,16H,10H2,1-3H3. The number of nitrogens with zero attached hydrogens (tertiary/aromatic N) is 2. The Labute approximate surface area is 129 Å². The highest BCUT2D eigenvalue weighted by Crippen LogP contribution is 2.28. The maximum atomic E-state index is 12.5. The minimum atomic E-state index is -3.73. The van der Waals surface area contributed by atoms with E-state index in [1.807, 2.05) is 0 Å². The molecule has 0 spiro atoms. The predicted octanol–water partition coefficient (Wildman–Crippen LogP) is 1.27. The molecule has 0 aliphatic heterocycles. The zero-order chi connectivity index (χ0) is 16.2. The van der Waals surface area contributed by atoms with Crippen LogP contribution in [0.25, 0.3) is 0 Å². The molecule has 0 fully saturated rings. The molecule has 7 nitrogen and oxygen atoms in total. The Morgan fingerprint density at radius 2 is 2.09 bits per heavy atom. The van der Waals surface area contributed by atoms with E-state index < -0.39 is 10.0 Å². The van der Waals surface area contributed by atoms with Crippen molar-refractivity contribution in [2.24, 2.45) is 0 Å². The van der Waals surface area contributed by atoms with Crippen molar-refractivity contribution >= 4 is 10.0 Å². The Balaban J connectivity index is 2.22. The maximum Gasteiger partial charge on any atom is 0.244 e. The molecule has 1 heterocycles. The van der Waals surface area contributed by atoms with Crippen molar-refractivity contribution in [1.29, 1.82) is 0 Å². The molecule has 1 aromatic heterocycles. The summed E-state index contributed by atoms with van der Waals surface area (Å²) >= 11 is 0. The van der Waals surface area contributed by atoms with E-state index in [-0.39, 0.29) is 16.7 Å². The Bertz CT molecular complexity index is 714. The first kappa shape index (κ1) is 16.3. The zero-order valence-electron chi connectivity index (χ0n) is 12.7. The van der Waals surface area contributed by atoms with Crippen LogP contribution in [0.15, 0.2) is 41.6 Å². The van der Waals surface area contributed by atoms with Crippen LogP contribution in [0.3, 0.4) is 0 Å². The van der Waals surface area contributed by atoms with Crippen LogP contribution < -0.4 is 14.2 Å². The van der Waals surface area contributed by atoms with Gasteiger partial charge in [-0.25, -0.2) is 13.1 Å². The number of nitrogens with one attached hydrogen (secondary N) is 1. The Morgan fingerprint density at radius 1 is 1.32 bits per heavy atom. The summed E-state index contributed by atoms with van der Waals surface area (Å²) in [6.07, 6.45) is 3.42. The molecular weight excluding hydrogens is 306 g/mol. The molecule has 0 aliphatic rings. The summed E-state index contributed by atoms with van der Waals surface area (Å²) in [5, 5.41) is 4.06. The van der Waals surface area contributed by atoms with Gasteiger partial charge >= 0.3 is 0 Å². The summed E-state index contributed by atoms with van der Waals surface area (Å²) in [5.41, 5.74) is 0. The molecule has 0 bridgehead atoms. The highest BCUT2D eigenvalue weighted by atomic mass is 32.2. The Kier molecular flexibility index (Phi) is 5.04. The number of hydrogen-bond donors (Lipinski definition) is 1. The summed E-state index contributed by atoms with van der Waals surface area (Å²) in [7, 11) is -0.831. The minimum absolute atomic E-state index is 0.0432. The lowest BCUT2D eigenvalue weighted by Gasteiger charge is -2.16. The van der Waals surface area contributed by atoms with Gasteiger partial charge in [0.15, 0.2) is 0 Å². The SMILES string of the molecule is COc1ccc(OC)c(S(=O)(=O)NC(C)Cn2cccn2)c1. The molecule has 22 heavy (non-hydrogen) atoms. The summed E-state index contributed by atoms with van der Waals surface area (Å²) in [4.78, 5) is 0.0432. The number of sulfonamides is 1. The molecule has 2 rings (SSSR count). The van der Waals surface area contributed by atoms with Gasteiger partial charge in [0.2, 0.25) is 10.0 Å². The highest BCUT2D eigenvalue weighted by molar-refractivity contribution is 7.89. The van der Waals surface area contributed by atoms with Crippen molar-refractivity contribution in [2.45, 2.75) is 24.4 Å². The molecular formula is C14H19N3O4S. The summed E-state index contributed by atoms with van der Waals surface area (Å²) in [5.74, 6) is 0.709. The smallest absolute Gasteiger partial charge is 0.244 e. The molecule has 1 unspecified atom stereocenters. The van der Waals surface area contributed by atoms with Crippen LogP contribution in [-0.4, -0.2) is 38.5 Å². The van der Waals surface area contributed by atoms with Gasteiger partial charge in [0.1, 0.15) is 16.4 Å². The van der Waals surface area contributed by atoms with Gasteiger partial charge in [0.25, 0.3) is 0 Å². The molecule has 0 saturated heterocycles. The first-order chi connectivity index (χ1) is 10.5. The molecule has 1 atom stereocenters. The molecule has 120 valence electrons. The number of benzene rings is 1. The molecule has 0 amide bonds. The number of methoxy groups -OCH3 is 2. The van der Waals surface area contributed by atoms with Gasteiger partial charge < -0.3 is 9.47 Å². The van der Waals surface area contributed by atoms with Crippen LogP contribution in [0.4, 0.5) is 0 Å². The van der Waals surface area contributed by atoms with Crippen LogP contribution >= 0.6 is 0 Å². The van der Waals surface area contributed by atoms with Gasteiger partial charge in [0.05, 0.1) is 20.8 Å². The third-order valence-electron chi connectivity index (χ3n) is 3.04. The zero-order valence-corrected chi connectivity index (χ0v) is 13.5. The maximum absolute atomic E-state index is 12.5. The van der Waals surface area contributed by atoms with Gasteiger partial charge in [0, 0.05) is 24.5 Å². The fraction of sp³-hybridized carbons (Fsp3) is 0.357. The fourth-order valence-corrected chi connectivity index (χ4v) is 3.47. The number of ether oxygens (including phenoxy) is 2. The normalized spacial score (nSPS) is 12.9. The second kappa shape index (κ2) is 6.80. The van der Waals surface area contributed by atoms with E-state index in [1.165, 1.54) is 20.3 Å². The van der Waals surface area contributed by atoms with Crippen LogP contribution in [0.2, 0.25) is 0 Å². The fourth-order valence-electron chi connectivity index (χ4n) is 2.05. The van der Waals surface area contributed by atoms with Crippen LogP contribution in [-0.2, 0) is 16.6 Å². The monoisotopic (exact) mass is 325 g/mol. The van der Waals surface area contributed by atoms with E-state index in [2.05, 4.69) is 9.82 Å². The molecule has 1 aromatic carbocycles. The second-order valence-electron chi connectivity index (χ2n) is 4.77. The van der Waals surface area contributed by atoms with E-state index in [1.54, 1.807) is 42.2 Å². The lowest BCUT2D eigenvalue weighted by molar-refractivity contribution is 0.391. The lowest BCUT2D eigenvalue weighted by atomic mass is 10.3. The second-order valence-corrected chi connectivity index (χ2v) is 6.45. The molecule has 0 radical (unpaired) electrons. The van der Waals surface area contributed by atoms with Crippen molar-refractivity contribution in [3.63, 3.8) is 0 Å². The number of hydrogen-bond acceptors (Lipinski definition) is 5. The number of rotatable bonds is 7. The Hall–Kier alpha value is -2.06. The van der Waals surface area contributed by atoms with Crippen molar-refractivity contribution in [1.82, 2.24) is 14.5 Å². The minimum Gasteiger partial charge on any atom is -0.497 e. The van der Waals surface area contributed by atoms with Crippen molar-refractivity contribution in [2.75, 3.05) is 14.2 Å². The molecule has 0 saturated carbocycles. The van der Waals surface area contributed by atoms with Crippen LogP contribution in [0.5, 0.6) is 11.5 Å². The third-order valence-corrected chi connectivity index (χ3v) is 4.65. The first-order valence-corrected chi connectivity index (χ1v) is 8.16. The van der Waals surface area contributed by atoms with E-state index in [9.17, 15) is 8.42 Å². The van der Waals surface area contributed by atoms with E-state index in [4.69, 9.17) is 9.47 Å². The first-order valence-electron chi connectivity index (χ1n) is 6.68. The van der Waals surface area contributed by atoms with Crippen LogP contribution in [0.1, 0.15) is 6.92 Å². The molecule has 2 aromatic rings. The van der Waals surface area contributed by atoms with E-state index >= 15 is 0 Å². The van der Waals surface area contributed by atoms with Crippen molar-refractivity contribution in [3.05, 3.63) is 36.7 Å². The van der Waals surface area contributed by atoms with Gasteiger partial charge in [-0.3, -0.25) is 4.68 Å². The van der Waals surface area contributed by atoms with Crippen LogP contribution in [0, 0.1) is 0 Å². The topological polar surface area (TPSA) is 82.5 Å².